The molecule has 1 heterocycles. The minimum absolute atomic E-state index is 0.146. The molecule has 0 fully saturated rings. The van der Waals surface area contributed by atoms with Gasteiger partial charge in [-0.1, -0.05) is 0 Å². The molecule has 1 aliphatic heterocycles. The summed E-state index contributed by atoms with van der Waals surface area (Å²) >= 11 is 0. The molecule has 0 spiro atoms. The summed E-state index contributed by atoms with van der Waals surface area (Å²) in [7, 11) is 0. The molecular formula is C12H11FN2O4. The second kappa shape index (κ2) is 5.05. The van der Waals surface area contributed by atoms with E-state index >= 15 is 0 Å². The van der Waals surface area contributed by atoms with Gasteiger partial charge < -0.3 is 15.7 Å². The summed E-state index contributed by atoms with van der Waals surface area (Å²) in [6.45, 7) is 0. The quantitative estimate of drug-likeness (QED) is 0.714. The summed E-state index contributed by atoms with van der Waals surface area (Å²) in [6.07, 6.45) is -0.0263. The summed E-state index contributed by atoms with van der Waals surface area (Å²) in [5.41, 5.74) is 0.934. The van der Waals surface area contributed by atoms with E-state index in [1.54, 1.807) is 0 Å². The zero-order valence-corrected chi connectivity index (χ0v) is 9.83. The molecule has 100 valence electrons. The van der Waals surface area contributed by atoms with Gasteiger partial charge in [-0.25, -0.2) is 4.39 Å². The van der Waals surface area contributed by atoms with Crippen LogP contribution in [0.3, 0.4) is 0 Å². The van der Waals surface area contributed by atoms with Crippen LogP contribution in [0, 0.1) is 5.82 Å². The number of carboxylic acid groups (broad SMARTS) is 1. The molecule has 0 saturated carbocycles. The smallest absolute Gasteiger partial charge is 0.312 e. The van der Waals surface area contributed by atoms with E-state index in [0.29, 0.717) is 17.7 Å². The van der Waals surface area contributed by atoms with E-state index in [1.807, 2.05) is 0 Å². The Hall–Kier alpha value is -2.44. The van der Waals surface area contributed by atoms with Gasteiger partial charge in [0.2, 0.25) is 11.8 Å². The van der Waals surface area contributed by atoms with Crippen LogP contribution in [0.2, 0.25) is 0 Å². The molecule has 2 amide bonds. The second-order valence-electron chi connectivity index (χ2n) is 4.16. The van der Waals surface area contributed by atoms with E-state index in [2.05, 4.69) is 10.6 Å². The molecule has 1 aliphatic rings. The number of carbonyl (C=O) groups is 3. The van der Waals surface area contributed by atoms with Crippen molar-refractivity contribution in [2.75, 3.05) is 10.6 Å². The van der Waals surface area contributed by atoms with E-state index in [9.17, 15) is 18.8 Å². The van der Waals surface area contributed by atoms with Crippen LogP contribution in [0.1, 0.15) is 18.4 Å². The number of halogens is 1. The third kappa shape index (κ3) is 3.06. The standard InChI is InChI=1S/C12H11FN2O4/c13-7-3-6-1-2-10(16)14-8(6)4-9(7)15-11(17)5-12(18)19/h3-4H,1-2,5H2,(H,14,16)(H,15,17)(H,18,19). The van der Waals surface area contributed by atoms with Crippen molar-refractivity contribution in [3.63, 3.8) is 0 Å². The van der Waals surface area contributed by atoms with Gasteiger partial charge in [0.05, 0.1) is 5.69 Å². The average Bonchev–Trinajstić information content (AvgIpc) is 2.29. The number of benzene rings is 1. The zero-order chi connectivity index (χ0) is 14.0. The molecule has 0 saturated heterocycles. The van der Waals surface area contributed by atoms with Crippen molar-refractivity contribution in [1.82, 2.24) is 0 Å². The first-order valence-corrected chi connectivity index (χ1v) is 5.59. The molecule has 0 bridgehead atoms. The summed E-state index contributed by atoms with van der Waals surface area (Å²) in [4.78, 5) is 32.8. The van der Waals surface area contributed by atoms with Gasteiger partial charge in [0.1, 0.15) is 12.2 Å². The van der Waals surface area contributed by atoms with Gasteiger partial charge in [0.25, 0.3) is 0 Å². The first kappa shape index (κ1) is 13.0. The monoisotopic (exact) mass is 266 g/mol. The number of aliphatic carboxylic acids is 1. The van der Waals surface area contributed by atoms with Crippen molar-refractivity contribution in [3.8, 4) is 0 Å². The van der Waals surface area contributed by atoms with Crippen molar-refractivity contribution in [2.24, 2.45) is 0 Å². The molecule has 0 aliphatic carbocycles. The molecule has 0 radical (unpaired) electrons. The maximum absolute atomic E-state index is 13.7. The summed E-state index contributed by atoms with van der Waals surface area (Å²) < 4.78 is 13.7. The Labute approximate surface area is 107 Å². The highest BCUT2D eigenvalue weighted by molar-refractivity contribution is 6.02. The van der Waals surface area contributed by atoms with Crippen LogP contribution in [-0.4, -0.2) is 22.9 Å². The van der Waals surface area contributed by atoms with Crippen molar-refractivity contribution in [1.29, 1.82) is 0 Å². The van der Waals surface area contributed by atoms with E-state index in [-0.39, 0.29) is 18.0 Å². The lowest BCUT2D eigenvalue weighted by Crippen LogP contribution is -2.21. The number of fused-ring (bicyclic) bond motifs is 1. The minimum Gasteiger partial charge on any atom is -0.481 e. The highest BCUT2D eigenvalue weighted by Crippen LogP contribution is 2.28. The van der Waals surface area contributed by atoms with Crippen LogP contribution in [0.25, 0.3) is 0 Å². The summed E-state index contributed by atoms with van der Waals surface area (Å²) in [5, 5.41) is 13.2. The van der Waals surface area contributed by atoms with Crippen LogP contribution in [-0.2, 0) is 20.8 Å². The van der Waals surface area contributed by atoms with Gasteiger partial charge in [0, 0.05) is 12.1 Å². The zero-order valence-electron chi connectivity index (χ0n) is 9.83. The van der Waals surface area contributed by atoms with E-state index in [0.717, 1.165) is 0 Å². The molecule has 0 aromatic heterocycles. The number of carbonyl (C=O) groups excluding carboxylic acids is 2. The Morgan fingerprint density at radius 2 is 2.11 bits per heavy atom. The average molecular weight is 266 g/mol. The maximum Gasteiger partial charge on any atom is 0.312 e. The van der Waals surface area contributed by atoms with Gasteiger partial charge in [-0.3, -0.25) is 14.4 Å². The summed E-state index contributed by atoms with van der Waals surface area (Å²) in [6, 6.07) is 2.52. The highest BCUT2D eigenvalue weighted by atomic mass is 19.1. The number of carboxylic acids is 1. The Balaban J connectivity index is 2.22. The van der Waals surface area contributed by atoms with Crippen LogP contribution >= 0.6 is 0 Å². The third-order valence-electron chi connectivity index (χ3n) is 2.67. The van der Waals surface area contributed by atoms with Crippen LogP contribution in [0.4, 0.5) is 15.8 Å². The molecule has 7 heteroatoms. The predicted octanol–water partition coefficient (Wildman–Crippen LogP) is 1.12. The molecule has 19 heavy (non-hydrogen) atoms. The van der Waals surface area contributed by atoms with Gasteiger partial charge >= 0.3 is 5.97 Å². The first-order chi connectivity index (χ1) is 8.95. The second-order valence-corrected chi connectivity index (χ2v) is 4.16. The fraction of sp³-hybridized carbons (Fsp3) is 0.250. The topological polar surface area (TPSA) is 95.5 Å². The third-order valence-corrected chi connectivity index (χ3v) is 2.67. The largest absolute Gasteiger partial charge is 0.481 e. The van der Waals surface area contributed by atoms with Crippen molar-refractivity contribution in [3.05, 3.63) is 23.5 Å². The Morgan fingerprint density at radius 3 is 2.79 bits per heavy atom. The normalized spacial score (nSPS) is 13.4. The fourth-order valence-corrected chi connectivity index (χ4v) is 1.83. The van der Waals surface area contributed by atoms with Crippen LogP contribution < -0.4 is 10.6 Å². The highest BCUT2D eigenvalue weighted by Gasteiger charge is 2.19. The van der Waals surface area contributed by atoms with Crippen molar-refractivity contribution < 1.29 is 23.9 Å². The first-order valence-electron chi connectivity index (χ1n) is 5.59. The van der Waals surface area contributed by atoms with Crippen molar-refractivity contribution >= 4 is 29.2 Å². The predicted molar refractivity (Wildman–Crippen MR) is 64.2 cm³/mol. The SMILES string of the molecule is O=C(O)CC(=O)Nc1cc2c(cc1F)CCC(=O)N2. The lowest BCUT2D eigenvalue weighted by molar-refractivity contribution is -0.139. The van der Waals surface area contributed by atoms with Crippen molar-refractivity contribution in [2.45, 2.75) is 19.3 Å². The van der Waals surface area contributed by atoms with Gasteiger partial charge in [-0.2, -0.15) is 0 Å². The fourth-order valence-electron chi connectivity index (χ4n) is 1.83. The van der Waals surface area contributed by atoms with Crippen LogP contribution in [0.5, 0.6) is 0 Å². The molecule has 1 aromatic carbocycles. The van der Waals surface area contributed by atoms with Gasteiger partial charge in [-0.15, -0.1) is 0 Å². The maximum atomic E-state index is 13.7. The Bertz CT molecular complexity index is 571. The number of amides is 2. The Morgan fingerprint density at radius 1 is 1.37 bits per heavy atom. The lowest BCUT2D eigenvalue weighted by Gasteiger charge is -2.18. The van der Waals surface area contributed by atoms with Crippen LogP contribution in [0.15, 0.2) is 12.1 Å². The van der Waals surface area contributed by atoms with E-state index < -0.39 is 24.1 Å². The number of hydrogen-bond donors (Lipinski definition) is 3. The lowest BCUT2D eigenvalue weighted by atomic mass is 10.0. The minimum atomic E-state index is -1.30. The summed E-state index contributed by atoms with van der Waals surface area (Å²) in [5.74, 6) is -2.96. The molecular weight excluding hydrogens is 255 g/mol. The number of rotatable bonds is 3. The number of aryl methyl sites for hydroxylation is 1. The van der Waals surface area contributed by atoms with Gasteiger partial charge in [0.15, 0.2) is 0 Å². The number of anilines is 2. The molecule has 2 rings (SSSR count). The number of hydrogen-bond acceptors (Lipinski definition) is 3. The molecule has 1 aromatic rings. The van der Waals surface area contributed by atoms with E-state index in [4.69, 9.17) is 5.11 Å². The molecule has 6 nitrogen and oxygen atoms in total. The Kier molecular flexibility index (Phi) is 3.46. The molecule has 0 atom stereocenters. The molecule has 3 N–H and O–H groups in total. The number of nitrogens with one attached hydrogen (secondary N) is 2. The van der Waals surface area contributed by atoms with E-state index in [1.165, 1.54) is 12.1 Å². The van der Waals surface area contributed by atoms with Gasteiger partial charge in [-0.05, 0) is 24.1 Å². The molecule has 0 unspecified atom stereocenters.